The maximum absolute atomic E-state index is 5.58. The highest BCUT2D eigenvalue weighted by Crippen LogP contribution is 2.12. The van der Waals surface area contributed by atoms with E-state index in [1.807, 2.05) is 6.07 Å². The zero-order chi connectivity index (χ0) is 13.0. The van der Waals surface area contributed by atoms with Crippen LogP contribution in [0.2, 0.25) is 0 Å². The fraction of sp³-hybridized carbons (Fsp3) is 0.538. The van der Waals surface area contributed by atoms with Gasteiger partial charge in [-0.3, -0.25) is 4.98 Å². The molecule has 2 rings (SSSR count). The Kier molecular flexibility index (Phi) is 4.49. The minimum absolute atomic E-state index is 0.589. The molecule has 0 bridgehead atoms. The van der Waals surface area contributed by atoms with E-state index in [0.29, 0.717) is 5.92 Å². The lowest BCUT2D eigenvalue weighted by Gasteiger charge is -2.07. The first kappa shape index (κ1) is 13.2. The molecule has 4 nitrogen and oxygen atoms in total. The van der Waals surface area contributed by atoms with E-state index in [-0.39, 0.29) is 0 Å². The Morgan fingerprint density at radius 2 is 2.33 bits per heavy atom. The molecule has 0 saturated carbocycles. The lowest BCUT2D eigenvalue weighted by atomic mass is 10.2. The quantitative estimate of drug-likeness (QED) is 0.644. The van der Waals surface area contributed by atoms with Crippen molar-refractivity contribution in [3.63, 3.8) is 0 Å². The summed E-state index contributed by atoms with van der Waals surface area (Å²) in [5, 5.41) is 0. The maximum atomic E-state index is 5.58. The molecule has 0 radical (unpaired) electrons. The van der Waals surface area contributed by atoms with E-state index in [0.717, 1.165) is 42.0 Å². The average Bonchev–Trinajstić information content (AvgIpc) is 2.65. The molecular weight excluding hydrogens is 246 g/mol. The highest BCUT2D eigenvalue weighted by Gasteiger charge is 2.03. The number of nitrogens with zero attached hydrogens (tertiary/aromatic N) is 2. The zero-order valence-corrected chi connectivity index (χ0v) is 11.7. The third kappa shape index (κ3) is 3.17. The molecule has 98 valence electrons. The number of rotatable bonds is 6. The van der Waals surface area contributed by atoms with Crippen LogP contribution in [0.25, 0.3) is 11.0 Å². The molecule has 0 aliphatic carbocycles. The zero-order valence-electron chi connectivity index (χ0n) is 10.8. The number of imidazole rings is 1. The Hall–Kier alpha value is -1.20. The third-order valence-corrected chi connectivity index (χ3v) is 3.02. The summed E-state index contributed by atoms with van der Waals surface area (Å²) in [7, 11) is 0. The number of aryl methyl sites for hydroxylation is 1. The van der Waals surface area contributed by atoms with Gasteiger partial charge in [-0.2, -0.15) is 0 Å². The Balaban J connectivity index is 1.95. The normalized spacial score (nSPS) is 11.5. The number of nitrogens with one attached hydrogen (secondary N) is 1. The predicted molar refractivity (Wildman–Crippen MR) is 75.2 cm³/mol. The Morgan fingerprint density at radius 3 is 3.11 bits per heavy atom. The molecule has 0 aliphatic rings. The van der Waals surface area contributed by atoms with Crippen molar-refractivity contribution in [3.05, 3.63) is 23.2 Å². The van der Waals surface area contributed by atoms with Crippen LogP contribution in [0.1, 0.15) is 20.3 Å². The molecule has 1 N–H and O–H groups in total. The third-order valence-electron chi connectivity index (χ3n) is 2.70. The first-order valence-electron chi connectivity index (χ1n) is 6.28. The van der Waals surface area contributed by atoms with E-state index >= 15 is 0 Å². The second-order valence-electron chi connectivity index (χ2n) is 4.80. The predicted octanol–water partition coefficient (Wildman–Crippen LogP) is 3.16. The summed E-state index contributed by atoms with van der Waals surface area (Å²) in [6.07, 6.45) is 4.56. The molecular formula is C13H19N3OS. The fourth-order valence-corrected chi connectivity index (χ4v) is 2.18. The van der Waals surface area contributed by atoms with Crippen LogP contribution in [0.15, 0.2) is 18.5 Å². The Morgan fingerprint density at radius 1 is 1.50 bits per heavy atom. The second kappa shape index (κ2) is 6.11. The Bertz CT molecular complexity index is 559. The standard InChI is InChI=1S/C13H19N3OS/c1-10(2)9-17-7-3-6-16-12-4-5-14-8-11(12)15-13(16)18/h4-5,8,10H,3,6-7,9H2,1-2H3,(H,15,18). The summed E-state index contributed by atoms with van der Waals surface area (Å²) in [5.74, 6) is 0.589. The first-order chi connectivity index (χ1) is 8.68. The molecule has 2 aromatic heterocycles. The molecule has 2 heterocycles. The molecule has 0 spiro atoms. The number of H-pyrrole nitrogens is 1. The molecule has 0 atom stereocenters. The number of hydrogen-bond acceptors (Lipinski definition) is 3. The fourth-order valence-electron chi connectivity index (χ4n) is 1.88. The molecule has 18 heavy (non-hydrogen) atoms. The summed E-state index contributed by atoms with van der Waals surface area (Å²) in [5.41, 5.74) is 2.10. The van der Waals surface area contributed by atoms with E-state index in [1.165, 1.54) is 0 Å². The van der Waals surface area contributed by atoms with Crippen LogP contribution in [0.5, 0.6) is 0 Å². The minimum atomic E-state index is 0.589. The molecule has 0 saturated heterocycles. The molecule has 5 heteroatoms. The summed E-state index contributed by atoms with van der Waals surface area (Å²) >= 11 is 5.31. The van der Waals surface area contributed by atoms with Crippen molar-refractivity contribution in [3.8, 4) is 0 Å². The lowest BCUT2D eigenvalue weighted by Crippen LogP contribution is -2.06. The van der Waals surface area contributed by atoms with Crippen LogP contribution in [-0.2, 0) is 11.3 Å². The highest BCUT2D eigenvalue weighted by molar-refractivity contribution is 7.71. The van der Waals surface area contributed by atoms with E-state index in [1.54, 1.807) is 12.4 Å². The van der Waals surface area contributed by atoms with Crippen LogP contribution in [0.3, 0.4) is 0 Å². The van der Waals surface area contributed by atoms with Crippen molar-refractivity contribution >= 4 is 23.3 Å². The minimum Gasteiger partial charge on any atom is -0.381 e. The van der Waals surface area contributed by atoms with E-state index in [2.05, 4.69) is 28.4 Å². The number of aromatic amines is 1. The van der Waals surface area contributed by atoms with Crippen LogP contribution in [-0.4, -0.2) is 27.7 Å². The molecule has 0 aromatic carbocycles. The van der Waals surface area contributed by atoms with E-state index in [4.69, 9.17) is 17.0 Å². The highest BCUT2D eigenvalue weighted by atomic mass is 32.1. The van der Waals surface area contributed by atoms with Gasteiger partial charge >= 0.3 is 0 Å². The smallest absolute Gasteiger partial charge is 0.178 e. The number of fused-ring (bicyclic) bond motifs is 1. The summed E-state index contributed by atoms with van der Waals surface area (Å²) in [6.45, 7) is 6.79. The molecule has 0 amide bonds. The topological polar surface area (TPSA) is 42.8 Å². The van der Waals surface area contributed by atoms with Crippen molar-refractivity contribution in [1.29, 1.82) is 0 Å². The summed E-state index contributed by atoms with van der Waals surface area (Å²) < 4.78 is 8.43. The summed E-state index contributed by atoms with van der Waals surface area (Å²) in [6, 6.07) is 1.98. The SMILES string of the molecule is CC(C)COCCCn1c(=S)[nH]c2cnccc21. The van der Waals surface area contributed by atoms with E-state index < -0.39 is 0 Å². The number of pyridine rings is 1. The van der Waals surface area contributed by atoms with Gasteiger partial charge in [-0.25, -0.2) is 0 Å². The van der Waals surface area contributed by atoms with Gasteiger partial charge in [-0.05, 0) is 30.6 Å². The van der Waals surface area contributed by atoms with Gasteiger partial charge in [-0.1, -0.05) is 13.8 Å². The van der Waals surface area contributed by atoms with Crippen LogP contribution >= 0.6 is 12.2 Å². The van der Waals surface area contributed by atoms with Crippen molar-refractivity contribution in [2.75, 3.05) is 13.2 Å². The molecule has 0 aliphatic heterocycles. The maximum Gasteiger partial charge on any atom is 0.178 e. The first-order valence-corrected chi connectivity index (χ1v) is 6.69. The van der Waals surface area contributed by atoms with Gasteiger partial charge in [0.15, 0.2) is 4.77 Å². The molecule has 0 fully saturated rings. The average molecular weight is 265 g/mol. The van der Waals surface area contributed by atoms with Gasteiger partial charge in [-0.15, -0.1) is 0 Å². The second-order valence-corrected chi connectivity index (χ2v) is 5.18. The van der Waals surface area contributed by atoms with E-state index in [9.17, 15) is 0 Å². The van der Waals surface area contributed by atoms with Gasteiger partial charge in [0.25, 0.3) is 0 Å². The van der Waals surface area contributed by atoms with Crippen molar-refractivity contribution < 1.29 is 4.74 Å². The number of ether oxygens (including phenoxy) is 1. The van der Waals surface area contributed by atoms with Crippen LogP contribution in [0, 0.1) is 10.7 Å². The van der Waals surface area contributed by atoms with Crippen molar-refractivity contribution in [1.82, 2.24) is 14.5 Å². The number of hydrogen-bond donors (Lipinski definition) is 1. The van der Waals surface area contributed by atoms with Gasteiger partial charge in [0.2, 0.25) is 0 Å². The molecule has 0 unspecified atom stereocenters. The van der Waals surface area contributed by atoms with Gasteiger partial charge in [0.1, 0.15) is 0 Å². The van der Waals surface area contributed by atoms with Crippen molar-refractivity contribution in [2.24, 2.45) is 5.92 Å². The lowest BCUT2D eigenvalue weighted by molar-refractivity contribution is 0.105. The molecule has 2 aromatic rings. The largest absolute Gasteiger partial charge is 0.381 e. The monoisotopic (exact) mass is 265 g/mol. The Labute approximate surface area is 112 Å². The number of aromatic nitrogens is 3. The summed E-state index contributed by atoms with van der Waals surface area (Å²) in [4.78, 5) is 7.24. The van der Waals surface area contributed by atoms with Gasteiger partial charge in [0, 0.05) is 26.0 Å². The van der Waals surface area contributed by atoms with Crippen LogP contribution < -0.4 is 0 Å². The van der Waals surface area contributed by atoms with Crippen LogP contribution in [0.4, 0.5) is 0 Å². The van der Waals surface area contributed by atoms with Gasteiger partial charge < -0.3 is 14.3 Å². The van der Waals surface area contributed by atoms with Gasteiger partial charge in [0.05, 0.1) is 17.2 Å². The van der Waals surface area contributed by atoms with Crippen molar-refractivity contribution in [2.45, 2.75) is 26.8 Å².